The van der Waals surface area contributed by atoms with E-state index in [1.54, 1.807) is 0 Å². The van der Waals surface area contributed by atoms with Gasteiger partial charge < -0.3 is 0 Å². The van der Waals surface area contributed by atoms with E-state index < -0.39 is 7.92 Å². The van der Waals surface area contributed by atoms with Crippen LogP contribution in [0.5, 0.6) is 0 Å². The van der Waals surface area contributed by atoms with Gasteiger partial charge >= 0.3 is 0 Å². The molecule has 22 heavy (non-hydrogen) atoms. The van der Waals surface area contributed by atoms with Crippen molar-refractivity contribution in [3.63, 3.8) is 0 Å². The van der Waals surface area contributed by atoms with Crippen LogP contribution in [0.4, 0.5) is 0 Å². The Morgan fingerprint density at radius 2 is 1.14 bits per heavy atom. The van der Waals surface area contributed by atoms with Crippen molar-refractivity contribution in [1.29, 1.82) is 0 Å². The highest BCUT2D eigenvalue weighted by atomic mass is 79.9. The summed E-state index contributed by atoms with van der Waals surface area (Å²) in [6.07, 6.45) is 1.06. The highest BCUT2D eigenvalue weighted by Gasteiger charge is 2.18. The summed E-state index contributed by atoms with van der Waals surface area (Å²) in [7, 11) is -0.499. The summed E-state index contributed by atoms with van der Waals surface area (Å²) in [5, 5.41) is 5.28. The Balaban J connectivity index is 2.15. The first kappa shape index (κ1) is 15.5. The van der Waals surface area contributed by atoms with Crippen LogP contribution in [0.3, 0.4) is 0 Å². The topological polar surface area (TPSA) is 0 Å². The standard InChI is InChI=1S/C20H18BrP/c21-16-15-17-9-7-8-14-20(17)22(18-10-3-1-4-11-18)19-12-5-2-6-13-19/h1-14H,15-16H2. The molecule has 2 heteroatoms. The van der Waals surface area contributed by atoms with Gasteiger partial charge in [-0.3, -0.25) is 0 Å². The molecular formula is C20H18BrP. The van der Waals surface area contributed by atoms with Crippen molar-refractivity contribution in [2.45, 2.75) is 6.42 Å². The Morgan fingerprint density at radius 3 is 1.68 bits per heavy atom. The molecule has 0 aliphatic carbocycles. The van der Waals surface area contributed by atoms with Gasteiger partial charge in [-0.1, -0.05) is 101 Å². The largest absolute Gasteiger partial charge is 0.0924 e. The van der Waals surface area contributed by atoms with Gasteiger partial charge in [0, 0.05) is 5.33 Å². The number of aryl methyl sites for hydroxylation is 1. The first-order valence-electron chi connectivity index (χ1n) is 7.44. The maximum Gasteiger partial charge on any atom is 0.00720 e. The van der Waals surface area contributed by atoms with E-state index >= 15 is 0 Å². The lowest BCUT2D eigenvalue weighted by Crippen LogP contribution is -2.23. The zero-order chi connectivity index (χ0) is 15.2. The molecule has 0 nitrogen and oxygen atoms in total. The molecule has 110 valence electrons. The van der Waals surface area contributed by atoms with Crippen LogP contribution in [-0.2, 0) is 6.42 Å². The Labute approximate surface area is 142 Å². The number of halogens is 1. The van der Waals surface area contributed by atoms with Crippen molar-refractivity contribution in [3.05, 3.63) is 90.5 Å². The number of hydrogen-bond acceptors (Lipinski definition) is 0. The Bertz CT molecular complexity index is 671. The average Bonchev–Trinajstić information content (AvgIpc) is 2.59. The summed E-state index contributed by atoms with van der Waals surface area (Å²) in [5.74, 6) is 0. The first-order valence-corrected chi connectivity index (χ1v) is 9.90. The second kappa shape index (κ2) is 7.72. The van der Waals surface area contributed by atoms with E-state index in [2.05, 4.69) is 101 Å². The minimum atomic E-state index is -0.499. The molecule has 0 spiro atoms. The molecule has 0 aliphatic rings. The zero-order valence-corrected chi connectivity index (χ0v) is 14.8. The summed E-state index contributed by atoms with van der Waals surface area (Å²) >= 11 is 3.59. The first-order chi connectivity index (χ1) is 10.9. The Hall–Kier alpha value is -1.43. The fourth-order valence-corrected chi connectivity index (χ4v) is 5.55. The molecule has 0 bridgehead atoms. The van der Waals surface area contributed by atoms with E-state index in [-0.39, 0.29) is 0 Å². The third-order valence-corrected chi connectivity index (χ3v) is 6.57. The minimum Gasteiger partial charge on any atom is -0.0924 e. The number of rotatable bonds is 5. The molecule has 0 saturated heterocycles. The molecule has 0 aromatic heterocycles. The van der Waals surface area contributed by atoms with Gasteiger partial charge in [-0.2, -0.15) is 0 Å². The minimum absolute atomic E-state index is 0.499. The van der Waals surface area contributed by atoms with Gasteiger partial charge in [-0.25, -0.2) is 0 Å². The summed E-state index contributed by atoms with van der Waals surface area (Å²) < 4.78 is 0. The number of hydrogen-bond donors (Lipinski definition) is 0. The zero-order valence-electron chi connectivity index (χ0n) is 12.3. The van der Waals surface area contributed by atoms with E-state index in [1.165, 1.54) is 21.5 Å². The van der Waals surface area contributed by atoms with E-state index in [0.717, 1.165) is 11.8 Å². The van der Waals surface area contributed by atoms with Crippen molar-refractivity contribution in [3.8, 4) is 0 Å². The molecule has 0 aliphatic heterocycles. The molecule has 0 amide bonds. The van der Waals surface area contributed by atoms with Crippen molar-refractivity contribution in [2.24, 2.45) is 0 Å². The molecule has 0 fully saturated rings. The Kier molecular flexibility index (Phi) is 5.43. The van der Waals surface area contributed by atoms with E-state index in [9.17, 15) is 0 Å². The fourth-order valence-electron chi connectivity index (χ4n) is 2.62. The van der Waals surface area contributed by atoms with Crippen LogP contribution in [0.25, 0.3) is 0 Å². The lowest BCUT2D eigenvalue weighted by molar-refractivity contribution is 1.18. The molecule has 0 unspecified atom stereocenters. The summed E-state index contributed by atoms with van der Waals surface area (Å²) in [6.45, 7) is 0. The molecule has 0 N–H and O–H groups in total. The summed E-state index contributed by atoms with van der Waals surface area (Å²) in [6, 6.07) is 30.6. The van der Waals surface area contributed by atoms with Gasteiger partial charge in [-0.15, -0.1) is 0 Å². The third kappa shape index (κ3) is 3.48. The molecule has 0 saturated carbocycles. The van der Waals surface area contributed by atoms with Crippen molar-refractivity contribution < 1.29 is 0 Å². The van der Waals surface area contributed by atoms with Crippen molar-refractivity contribution in [2.75, 3.05) is 5.33 Å². The van der Waals surface area contributed by atoms with Crippen LogP contribution in [0.1, 0.15) is 5.56 Å². The molecule has 3 aromatic rings. The normalized spacial score (nSPS) is 10.8. The van der Waals surface area contributed by atoms with Crippen LogP contribution >= 0.6 is 23.9 Å². The van der Waals surface area contributed by atoms with Gasteiger partial charge in [-0.05, 0) is 35.8 Å². The predicted octanol–water partition coefficient (Wildman–Crippen LogP) is 4.38. The van der Waals surface area contributed by atoms with Gasteiger partial charge in [0.05, 0.1) is 0 Å². The second-order valence-electron chi connectivity index (χ2n) is 5.07. The average molecular weight is 369 g/mol. The quantitative estimate of drug-likeness (QED) is 0.463. The molecule has 0 atom stereocenters. The van der Waals surface area contributed by atoms with Gasteiger partial charge in [0.1, 0.15) is 0 Å². The van der Waals surface area contributed by atoms with Crippen LogP contribution in [-0.4, -0.2) is 5.33 Å². The predicted molar refractivity (Wildman–Crippen MR) is 103 cm³/mol. The third-order valence-electron chi connectivity index (χ3n) is 3.63. The smallest absolute Gasteiger partial charge is 0.00720 e. The van der Waals surface area contributed by atoms with Gasteiger partial charge in [0.15, 0.2) is 0 Å². The summed E-state index contributed by atoms with van der Waals surface area (Å²) in [4.78, 5) is 0. The van der Waals surface area contributed by atoms with Gasteiger partial charge in [0.25, 0.3) is 0 Å². The fraction of sp³-hybridized carbons (Fsp3) is 0.100. The van der Waals surface area contributed by atoms with Crippen LogP contribution < -0.4 is 15.9 Å². The molecular weight excluding hydrogens is 351 g/mol. The highest BCUT2D eigenvalue weighted by molar-refractivity contribution is 9.09. The van der Waals surface area contributed by atoms with Crippen LogP contribution in [0.15, 0.2) is 84.9 Å². The van der Waals surface area contributed by atoms with E-state index in [0.29, 0.717) is 0 Å². The van der Waals surface area contributed by atoms with Crippen molar-refractivity contribution in [1.82, 2.24) is 0 Å². The number of benzene rings is 3. The van der Waals surface area contributed by atoms with Crippen LogP contribution in [0, 0.1) is 0 Å². The second-order valence-corrected chi connectivity index (χ2v) is 8.05. The number of alkyl halides is 1. The molecule has 3 aromatic carbocycles. The Morgan fingerprint density at radius 1 is 0.636 bits per heavy atom. The van der Waals surface area contributed by atoms with Crippen LogP contribution in [0.2, 0.25) is 0 Å². The molecule has 0 heterocycles. The van der Waals surface area contributed by atoms with Crippen molar-refractivity contribution >= 4 is 39.8 Å². The molecule has 3 rings (SSSR count). The van der Waals surface area contributed by atoms with Gasteiger partial charge in [0.2, 0.25) is 0 Å². The highest BCUT2D eigenvalue weighted by Crippen LogP contribution is 2.34. The van der Waals surface area contributed by atoms with E-state index in [4.69, 9.17) is 0 Å². The lowest BCUT2D eigenvalue weighted by atomic mass is 10.2. The maximum absolute atomic E-state index is 3.59. The lowest BCUT2D eigenvalue weighted by Gasteiger charge is -2.22. The monoisotopic (exact) mass is 368 g/mol. The SMILES string of the molecule is BrCCc1ccccc1P(c1ccccc1)c1ccccc1. The molecule has 0 radical (unpaired) electrons. The maximum atomic E-state index is 3.59. The van der Waals surface area contributed by atoms with E-state index in [1.807, 2.05) is 0 Å². The summed E-state index contributed by atoms with van der Waals surface area (Å²) in [5.41, 5.74) is 1.44.